The maximum absolute atomic E-state index is 12.7. The van der Waals surface area contributed by atoms with Crippen molar-refractivity contribution in [2.75, 3.05) is 5.32 Å². The summed E-state index contributed by atoms with van der Waals surface area (Å²) in [4.78, 5) is 32.2. The van der Waals surface area contributed by atoms with Gasteiger partial charge in [-0.05, 0) is 31.3 Å². The molecule has 1 aromatic heterocycles. The van der Waals surface area contributed by atoms with Gasteiger partial charge in [0.15, 0.2) is 0 Å². The van der Waals surface area contributed by atoms with Crippen LogP contribution in [0.15, 0.2) is 18.5 Å². The van der Waals surface area contributed by atoms with Gasteiger partial charge in [0.1, 0.15) is 11.9 Å². The van der Waals surface area contributed by atoms with Gasteiger partial charge in [0.05, 0.1) is 18.1 Å². The molecule has 0 radical (unpaired) electrons. The first kappa shape index (κ1) is 20.8. The number of carbonyl (C=O) groups excluding carboxylic acids is 2. The molecule has 8 heteroatoms. The molecule has 0 bridgehead atoms. The largest absolute Gasteiger partial charge is 0.357 e. The van der Waals surface area contributed by atoms with Crippen LogP contribution >= 0.6 is 0 Å². The highest BCUT2D eigenvalue weighted by atomic mass is 16.5. The van der Waals surface area contributed by atoms with Crippen LogP contribution in [0.2, 0.25) is 0 Å². The molecule has 148 valence electrons. The van der Waals surface area contributed by atoms with Crippen LogP contribution < -0.4 is 16.1 Å². The first-order chi connectivity index (χ1) is 13.0. The molecule has 0 saturated heterocycles. The quantitative estimate of drug-likeness (QED) is 0.315. The van der Waals surface area contributed by atoms with Crippen molar-refractivity contribution in [3.05, 3.63) is 24.2 Å². The first-order valence-electron chi connectivity index (χ1n) is 9.49. The number of carbonyl (C=O) groups is 2. The standard InChI is InChI=1S/C19H29N5O3/c1-13(2)10-16(19(26)22-14-6-4-3-5-7-14)23-17-12-20-15(11-21-17)8-9-18(25)24-27/h8-9,11-14,16,27H,3-7,10H2,1-2H3,(H,21,23)(H,22,26)(H,24,25)/t16-/m1/s1. The highest BCUT2D eigenvalue weighted by Crippen LogP contribution is 2.18. The van der Waals surface area contributed by atoms with E-state index in [1.165, 1.54) is 43.2 Å². The fourth-order valence-electron chi connectivity index (χ4n) is 3.13. The third kappa shape index (κ3) is 7.34. The van der Waals surface area contributed by atoms with E-state index in [4.69, 9.17) is 5.21 Å². The Kier molecular flexibility index (Phi) is 8.19. The molecule has 0 aliphatic heterocycles. The summed E-state index contributed by atoms with van der Waals surface area (Å²) in [5.74, 6) is 0.214. The summed E-state index contributed by atoms with van der Waals surface area (Å²) in [5.41, 5.74) is 1.97. The third-order valence-corrected chi connectivity index (χ3v) is 4.48. The maximum atomic E-state index is 12.7. The average molecular weight is 375 g/mol. The Morgan fingerprint density at radius 3 is 2.56 bits per heavy atom. The predicted octanol–water partition coefficient (Wildman–Crippen LogP) is 2.27. The molecule has 1 atom stereocenters. The molecule has 27 heavy (non-hydrogen) atoms. The molecule has 0 spiro atoms. The van der Waals surface area contributed by atoms with E-state index in [1.54, 1.807) is 0 Å². The number of amides is 2. The summed E-state index contributed by atoms with van der Waals surface area (Å²) in [6.45, 7) is 4.16. The zero-order valence-electron chi connectivity index (χ0n) is 15.9. The molecule has 8 nitrogen and oxygen atoms in total. The fourth-order valence-corrected chi connectivity index (χ4v) is 3.13. The van der Waals surface area contributed by atoms with E-state index in [1.807, 2.05) is 0 Å². The first-order valence-corrected chi connectivity index (χ1v) is 9.49. The van der Waals surface area contributed by atoms with Crippen LogP contribution in [-0.2, 0) is 9.59 Å². The summed E-state index contributed by atoms with van der Waals surface area (Å²) >= 11 is 0. The monoisotopic (exact) mass is 375 g/mol. The van der Waals surface area contributed by atoms with Gasteiger partial charge >= 0.3 is 0 Å². The molecule has 1 aliphatic rings. The van der Waals surface area contributed by atoms with Crippen LogP contribution in [0.3, 0.4) is 0 Å². The Morgan fingerprint density at radius 1 is 1.22 bits per heavy atom. The lowest BCUT2D eigenvalue weighted by Crippen LogP contribution is -2.46. The van der Waals surface area contributed by atoms with Gasteiger partial charge in [-0.3, -0.25) is 19.8 Å². The van der Waals surface area contributed by atoms with Crippen LogP contribution in [0.25, 0.3) is 6.08 Å². The zero-order valence-corrected chi connectivity index (χ0v) is 15.9. The van der Waals surface area contributed by atoms with E-state index in [0.717, 1.165) is 18.9 Å². The van der Waals surface area contributed by atoms with E-state index in [2.05, 4.69) is 34.4 Å². The molecule has 1 heterocycles. The number of aromatic nitrogens is 2. The minimum Gasteiger partial charge on any atom is -0.357 e. The summed E-state index contributed by atoms with van der Waals surface area (Å²) in [7, 11) is 0. The molecule has 0 unspecified atom stereocenters. The summed E-state index contributed by atoms with van der Waals surface area (Å²) in [6, 6.07) is -0.109. The van der Waals surface area contributed by atoms with Gasteiger partial charge in [-0.2, -0.15) is 0 Å². The van der Waals surface area contributed by atoms with Crippen LogP contribution in [0.1, 0.15) is 58.1 Å². The second-order valence-corrected chi connectivity index (χ2v) is 7.31. The van der Waals surface area contributed by atoms with Gasteiger partial charge in [0.25, 0.3) is 5.91 Å². The van der Waals surface area contributed by atoms with Crippen molar-refractivity contribution in [1.29, 1.82) is 0 Å². The van der Waals surface area contributed by atoms with E-state index in [9.17, 15) is 9.59 Å². The van der Waals surface area contributed by atoms with Gasteiger partial charge in [0.2, 0.25) is 5.91 Å². The van der Waals surface area contributed by atoms with Crippen molar-refractivity contribution < 1.29 is 14.8 Å². The number of nitrogens with one attached hydrogen (secondary N) is 3. The summed E-state index contributed by atoms with van der Waals surface area (Å²) in [6.07, 6.45) is 12.0. The number of hydrogen-bond donors (Lipinski definition) is 4. The van der Waals surface area contributed by atoms with Crippen LogP contribution in [0.4, 0.5) is 5.82 Å². The molecule has 0 aromatic carbocycles. The average Bonchev–Trinajstić information content (AvgIpc) is 2.67. The Labute approximate surface area is 159 Å². The number of hydroxylamine groups is 1. The number of rotatable bonds is 8. The van der Waals surface area contributed by atoms with Crippen molar-refractivity contribution in [3.8, 4) is 0 Å². The highest BCUT2D eigenvalue weighted by Gasteiger charge is 2.23. The van der Waals surface area contributed by atoms with Crippen molar-refractivity contribution >= 4 is 23.7 Å². The minimum absolute atomic E-state index is 0.000916. The molecule has 4 N–H and O–H groups in total. The molecule has 1 saturated carbocycles. The second-order valence-electron chi connectivity index (χ2n) is 7.31. The van der Waals surface area contributed by atoms with Gasteiger partial charge < -0.3 is 10.6 Å². The van der Waals surface area contributed by atoms with Crippen molar-refractivity contribution in [3.63, 3.8) is 0 Å². The number of hydrogen-bond acceptors (Lipinski definition) is 6. The third-order valence-electron chi connectivity index (χ3n) is 4.48. The van der Waals surface area contributed by atoms with Gasteiger partial charge in [-0.1, -0.05) is 33.1 Å². The Morgan fingerprint density at radius 2 is 1.96 bits per heavy atom. The lowest BCUT2D eigenvalue weighted by molar-refractivity contribution is -0.124. The minimum atomic E-state index is -0.643. The Hall–Kier alpha value is -2.48. The van der Waals surface area contributed by atoms with E-state index in [-0.39, 0.29) is 18.0 Å². The van der Waals surface area contributed by atoms with Gasteiger partial charge in [-0.15, -0.1) is 0 Å². The van der Waals surface area contributed by atoms with E-state index < -0.39 is 5.91 Å². The van der Waals surface area contributed by atoms with E-state index in [0.29, 0.717) is 23.9 Å². The predicted molar refractivity (Wildman–Crippen MR) is 103 cm³/mol. The molecule has 1 aromatic rings. The molecule has 1 aliphatic carbocycles. The maximum Gasteiger partial charge on any atom is 0.267 e. The van der Waals surface area contributed by atoms with Crippen molar-refractivity contribution in [1.82, 2.24) is 20.8 Å². The zero-order chi connectivity index (χ0) is 19.6. The number of nitrogens with zero attached hydrogens (tertiary/aromatic N) is 2. The molecular formula is C19H29N5O3. The lowest BCUT2D eigenvalue weighted by atomic mass is 9.94. The molecular weight excluding hydrogens is 346 g/mol. The SMILES string of the molecule is CC(C)C[C@@H](Nc1cnc(C=CC(=O)NO)cn1)C(=O)NC1CCCCC1. The smallest absolute Gasteiger partial charge is 0.267 e. The Balaban J connectivity index is 1.98. The fraction of sp³-hybridized carbons (Fsp3) is 0.579. The van der Waals surface area contributed by atoms with Crippen molar-refractivity contribution in [2.24, 2.45) is 5.92 Å². The van der Waals surface area contributed by atoms with Gasteiger partial charge in [0, 0.05) is 12.1 Å². The van der Waals surface area contributed by atoms with Gasteiger partial charge in [-0.25, -0.2) is 10.5 Å². The highest BCUT2D eigenvalue weighted by molar-refractivity contribution is 5.90. The number of anilines is 1. The molecule has 1 fully saturated rings. The lowest BCUT2D eigenvalue weighted by Gasteiger charge is -2.27. The van der Waals surface area contributed by atoms with Crippen LogP contribution in [-0.4, -0.2) is 39.1 Å². The van der Waals surface area contributed by atoms with Crippen molar-refractivity contribution in [2.45, 2.75) is 64.5 Å². The molecule has 2 amide bonds. The van der Waals surface area contributed by atoms with E-state index >= 15 is 0 Å². The summed E-state index contributed by atoms with van der Waals surface area (Å²) in [5, 5.41) is 14.8. The normalized spacial score (nSPS) is 16.3. The second kappa shape index (κ2) is 10.6. The summed E-state index contributed by atoms with van der Waals surface area (Å²) < 4.78 is 0. The van der Waals surface area contributed by atoms with Crippen LogP contribution in [0.5, 0.6) is 0 Å². The van der Waals surface area contributed by atoms with Crippen LogP contribution in [0, 0.1) is 5.92 Å². The molecule has 2 rings (SSSR count). The topological polar surface area (TPSA) is 116 Å². The Bertz CT molecular complexity index is 639.